The minimum absolute atomic E-state index is 0.157. The van der Waals surface area contributed by atoms with Gasteiger partial charge in [-0.25, -0.2) is 0 Å². The van der Waals surface area contributed by atoms with Gasteiger partial charge >= 0.3 is 0 Å². The zero-order chi connectivity index (χ0) is 19.2. The molecule has 0 saturated heterocycles. The summed E-state index contributed by atoms with van der Waals surface area (Å²) < 4.78 is 11.5. The summed E-state index contributed by atoms with van der Waals surface area (Å²) in [5.41, 5.74) is 1.08. The Morgan fingerprint density at radius 1 is 1.31 bits per heavy atom. The first-order chi connectivity index (χ1) is 12.6. The zero-order valence-electron chi connectivity index (χ0n) is 16.6. The van der Waals surface area contributed by atoms with E-state index >= 15 is 0 Å². The van der Waals surface area contributed by atoms with Crippen molar-refractivity contribution in [2.75, 3.05) is 47.4 Å². The van der Waals surface area contributed by atoms with Gasteiger partial charge in [-0.2, -0.15) is 0 Å². The standard InChI is InChI=1S/C20H34N4O2/c1-6-14-26-19-11-9-8-10-17(19)15-22-20(21-3)23-16-18(25-7-2)12-13-24(4)5/h6,8-11,18H,1,7,12-16H2,2-5H3,(H2,21,22,23). The molecular formula is C20H34N4O2. The smallest absolute Gasteiger partial charge is 0.191 e. The molecule has 0 spiro atoms. The van der Waals surface area contributed by atoms with E-state index < -0.39 is 0 Å². The molecule has 1 aromatic rings. The Labute approximate surface area is 158 Å². The van der Waals surface area contributed by atoms with Crippen molar-refractivity contribution in [1.29, 1.82) is 0 Å². The number of para-hydroxylation sites is 1. The first-order valence-corrected chi connectivity index (χ1v) is 9.13. The number of aliphatic imine (C=N–C) groups is 1. The van der Waals surface area contributed by atoms with Gasteiger partial charge in [-0.05, 0) is 33.5 Å². The summed E-state index contributed by atoms with van der Waals surface area (Å²) in [6.45, 7) is 9.25. The number of ether oxygens (including phenoxy) is 2. The lowest BCUT2D eigenvalue weighted by Gasteiger charge is -2.21. The predicted octanol–water partition coefficient (Wildman–Crippen LogP) is 2.27. The molecule has 146 valence electrons. The second-order valence-corrected chi connectivity index (χ2v) is 6.18. The number of benzene rings is 1. The van der Waals surface area contributed by atoms with E-state index in [9.17, 15) is 0 Å². The fraction of sp³-hybridized carbons (Fsp3) is 0.550. The van der Waals surface area contributed by atoms with Gasteiger partial charge in [-0.1, -0.05) is 30.9 Å². The number of nitrogens with zero attached hydrogens (tertiary/aromatic N) is 2. The second kappa shape index (κ2) is 13.2. The van der Waals surface area contributed by atoms with Crippen molar-refractivity contribution in [2.24, 2.45) is 4.99 Å². The van der Waals surface area contributed by atoms with Crippen LogP contribution in [0.5, 0.6) is 5.75 Å². The van der Waals surface area contributed by atoms with Crippen LogP contribution in [0.15, 0.2) is 41.9 Å². The Kier molecular flexibility index (Phi) is 11.2. The molecule has 26 heavy (non-hydrogen) atoms. The van der Waals surface area contributed by atoms with Gasteiger partial charge in [-0.3, -0.25) is 4.99 Å². The number of guanidine groups is 1. The Morgan fingerprint density at radius 2 is 2.08 bits per heavy atom. The van der Waals surface area contributed by atoms with Crippen LogP contribution in [0.1, 0.15) is 18.9 Å². The highest BCUT2D eigenvalue weighted by atomic mass is 16.5. The Bertz CT molecular complexity index is 546. The molecule has 1 unspecified atom stereocenters. The maximum atomic E-state index is 5.81. The summed E-state index contributed by atoms with van der Waals surface area (Å²) >= 11 is 0. The van der Waals surface area contributed by atoms with Crippen LogP contribution < -0.4 is 15.4 Å². The summed E-state index contributed by atoms with van der Waals surface area (Å²) in [5, 5.41) is 6.68. The van der Waals surface area contributed by atoms with Gasteiger partial charge in [0.05, 0.1) is 6.10 Å². The van der Waals surface area contributed by atoms with Crippen molar-refractivity contribution < 1.29 is 9.47 Å². The van der Waals surface area contributed by atoms with Crippen LogP contribution in [0.2, 0.25) is 0 Å². The van der Waals surface area contributed by atoms with Gasteiger partial charge < -0.3 is 25.0 Å². The van der Waals surface area contributed by atoms with Crippen LogP contribution in [-0.4, -0.2) is 64.4 Å². The summed E-state index contributed by atoms with van der Waals surface area (Å²) in [7, 11) is 5.91. The maximum Gasteiger partial charge on any atom is 0.191 e. The first kappa shape index (κ1) is 22.0. The summed E-state index contributed by atoms with van der Waals surface area (Å²) in [6.07, 6.45) is 2.87. The van der Waals surface area contributed by atoms with E-state index in [0.717, 1.165) is 36.8 Å². The van der Waals surface area contributed by atoms with E-state index in [1.54, 1.807) is 13.1 Å². The van der Waals surface area contributed by atoms with Gasteiger partial charge in [-0.15, -0.1) is 0 Å². The summed E-state index contributed by atoms with van der Waals surface area (Å²) in [4.78, 5) is 6.46. The minimum Gasteiger partial charge on any atom is -0.489 e. The molecule has 2 N–H and O–H groups in total. The Hall–Kier alpha value is -2.05. The SMILES string of the molecule is C=CCOc1ccccc1CNC(=NC)NCC(CCN(C)C)OCC. The summed E-state index contributed by atoms with van der Waals surface area (Å²) in [6, 6.07) is 7.97. The average Bonchev–Trinajstić information content (AvgIpc) is 2.64. The molecule has 1 aromatic carbocycles. The lowest BCUT2D eigenvalue weighted by Crippen LogP contribution is -2.42. The number of hydrogen-bond acceptors (Lipinski definition) is 4. The molecule has 1 atom stereocenters. The average molecular weight is 363 g/mol. The third kappa shape index (κ3) is 8.87. The van der Waals surface area contributed by atoms with E-state index in [1.807, 2.05) is 31.2 Å². The van der Waals surface area contributed by atoms with Crippen molar-refractivity contribution in [3.63, 3.8) is 0 Å². The van der Waals surface area contributed by atoms with Crippen LogP contribution in [0.3, 0.4) is 0 Å². The van der Waals surface area contributed by atoms with Crippen molar-refractivity contribution in [1.82, 2.24) is 15.5 Å². The van der Waals surface area contributed by atoms with Crippen LogP contribution in [-0.2, 0) is 11.3 Å². The fourth-order valence-corrected chi connectivity index (χ4v) is 2.43. The molecule has 0 amide bonds. The molecule has 6 nitrogen and oxygen atoms in total. The third-order valence-corrected chi connectivity index (χ3v) is 3.80. The topological polar surface area (TPSA) is 58.1 Å². The Balaban J connectivity index is 2.53. The molecule has 0 aliphatic heterocycles. The first-order valence-electron chi connectivity index (χ1n) is 9.13. The third-order valence-electron chi connectivity index (χ3n) is 3.80. The van der Waals surface area contributed by atoms with Crippen molar-refractivity contribution in [2.45, 2.75) is 26.0 Å². The van der Waals surface area contributed by atoms with Crippen LogP contribution in [0, 0.1) is 0 Å². The van der Waals surface area contributed by atoms with Crippen LogP contribution in [0.4, 0.5) is 0 Å². The van der Waals surface area contributed by atoms with Gasteiger partial charge in [0.25, 0.3) is 0 Å². The molecule has 0 aliphatic carbocycles. The fourth-order valence-electron chi connectivity index (χ4n) is 2.43. The van der Waals surface area contributed by atoms with Gasteiger partial charge in [0.1, 0.15) is 12.4 Å². The molecule has 0 heterocycles. The highest BCUT2D eigenvalue weighted by molar-refractivity contribution is 5.79. The maximum absolute atomic E-state index is 5.81. The molecule has 0 aromatic heterocycles. The minimum atomic E-state index is 0.157. The lowest BCUT2D eigenvalue weighted by molar-refractivity contribution is 0.0548. The van der Waals surface area contributed by atoms with E-state index in [0.29, 0.717) is 19.8 Å². The van der Waals surface area contributed by atoms with Crippen molar-refractivity contribution in [3.8, 4) is 5.75 Å². The van der Waals surface area contributed by atoms with E-state index in [2.05, 4.69) is 41.2 Å². The molecule has 0 aliphatic rings. The molecular weight excluding hydrogens is 328 g/mol. The number of nitrogens with one attached hydrogen (secondary N) is 2. The van der Waals surface area contributed by atoms with Crippen LogP contribution in [0.25, 0.3) is 0 Å². The molecule has 6 heteroatoms. The predicted molar refractivity (Wildman–Crippen MR) is 109 cm³/mol. The molecule has 0 fully saturated rings. The summed E-state index contributed by atoms with van der Waals surface area (Å²) in [5.74, 6) is 1.60. The van der Waals surface area contributed by atoms with Crippen molar-refractivity contribution in [3.05, 3.63) is 42.5 Å². The Morgan fingerprint density at radius 3 is 2.73 bits per heavy atom. The monoisotopic (exact) mass is 362 g/mol. The van der Waals surface area contributed by atoms with Crippen LogP contribution >= 0.6 is 0 Å². The van der Waals surface area contributed by atoms with Gasteiger partial charge in [0.15, 0.2) is 5.96 Å². The second-order valence-electron chi connectivity index (χ2n) is 6.18. The van der Waals surface area contributed by atoms with Gasteiger partial charge in [0.2, 0.25) is 0 Å². The van der Waals surface area contributed by atoms with Gasteiger partial charge in [0, 0.05) is 38.9 Å². The molecule has 0 radical (unpaired) electrons. The normalized spacial score (nSPS) is 12.7. The zero-order valence-corrected chi connectivity index (χ0v) is 16.6. The largest absolute Gasteiger partial charge is 0.489 e. The highest BCUT2D eigenvalue weighted by Crippen LogP contribution is 2.17. The van der Waals surface area contributed by atoms with E-state index in [1.165, 1.54) is 0 Å². The number of rotatable bonds is 12. The molecule has 0 bridgehead atoms. The molecule has 0 saturated carbocycles. The highest BCUT2D eigenvalue weighted by Gasteiger charge is 2.10. The molecule has 1 rings (SSSR count). The van der Waals surface area contributed by atoms with E-state index in [4.69, 9.17) is 9.47 Å². The van der Waals surface area contributed by atoms with E-state index in [-0.39, 0.29) is 6.10 Å². The number of hydrogen-bond donors (Lipinski definition) is 2. The van der Waals surface area contributed by atoms with Crippen molar-refractivity contribution >= 4 is 5.96 Å². The lowest BCUT2D eigenvalue weighted by atomic mass is 10.2. The quantitative estimate of drug-likeness (QED) is 0.339.